The third-order valence-electron chi connectivity index (χ3n) is 4.93. The van der Waals surface area contributed by atoms with Gasteiger partial charge in [-0.3, -0.25) is 0 Å². The highest BCUT2D eigenvalue weighted by molar-refractivity contribution is 5.70. The topological polar surface area (TPSA) is 82.9 Å². The van der Waals surface area contributed by atoms with Crippen molar-refractivity contribution in [2.75, 3.05) is 26.2 Å². The molecular weight excluding hydrogens is 346 g/mol. The van der Waals surface area contributed by atoms with E-state index >= 15 is 0 Å². The number of hydrogen-bond acceptors (Lipinski definition) is 5. The van der Waals surface area contributed by atoms with E-state index in [0.717, 1.165) is 38.5 Å². The maximum Gasteiger partial charge on any atom is 0.413 e. The molecule has 0 bridgehead atoms. The molecule has 0 atom stereocenters. The van der Waals surface area contributed by atoms with Gasteiger partial charge in [-0.1, -0.05) is 12.1 Å². The van der Waals surface area contributed by atoms with Crippen LogP contribution in [0.4, 0.5) is 9.59 Å². The Morgan fingerprint density at radius 3 is 1.89 bits per heavy atom. The van der Waals surface area contributed by atoms with E-state index in [1.54, 1.807) is 34.1 Å². The number of hydrogen-bond donors (Lipinski definition) is 0. The molecule has 2 amide bonds. The quantitative estimate of drug-likeness (QED) is 0.755. The number of nitriles is 1. The molecule has 2 fully saturated rings. The molecule has 0 spiro atoms. The second-order valence-corrected chi connectivity index (χ2v) is 6.93. The molecule has 27 heavy (non-hydrogen) atoms. The molecule has 1 aromatic rings. The molecule has 2 aliphatic heterocycles. The van der Waals surface area contributed by atoms with Crippen molar-refractivity contribution in [3.05, 3.63) is 35.4 Å². The highest BCUT2D eigenvalue weighted by Crippen LogP contribution is 2.24. The van der Waals surface area contributed by atoms with Gasteiger partial charge in [-0.2, -0.15) is 5.26 Å². The van der Waals surface area contributed by atoms with Crippen LogP contribution in [0.15, 0.2) is 24.3 Å². The highest BCUT2D eigenvalue weighted by Gasteiger charge is 2.28. The molecule has 144 valence electrons. The molecule has 7 heteroatoms. The lowest BCUT2D eigenvalue weighted by Gasteiger charge is -2.30. The van der Waals surface area contributed by atoms with Gasteiger partial charge in [0, 0.05) is 31.7 Å². The normalized spacial score (nSPS) is 17.3. The van der Waals surface area contributed by atoms with Crippen LogP contribution in [-0.2, 0) is 9.47 Å². The van der Waals surface area contributed by atoms with Gasteiger partial charge in [0.05, 0.1) is 11.6 Å². The van der Waals surface area contributed by atoms with Gasteiger partial charge in [-0.25, -0.2) is 9.59 Å². The van der Waals surface area contributed by atoms with Gasteiger partial charge in [0.15, 0.2) is 0 Å². The molecule has 0 saturated carbocycles. The molecular formula is C20H25N3O4. The zero-order chi connectivity index (χ0) is 19.1. The van der Waals surface area contributed by atoms with E-state index < -0.39 is 18.5 Å². The Morgan fingerprint density at radius 2 is 1.41 bits per heavy atom. The van der Waals surface area contributed by atoms with E-state index in [2.05, 4.69) is 6.07 Å². The van der Waals surface area contributed by atoms with Gasteiger partial charge in [-0.05, 0) is 50.7 Å². The number of likely N-dealkylation sites (tertiary alicyclic amines) is 2. The first kappa shape index (κ1) is 19.0. The number of piperidine rings is 2. The van der Waals surface area contributed by atoms with Crippen LogP contribution in [-0.4, -0.2) is 48.2 Å². The van der Waals surface area contributed by atoms with Gasteiger partial charge in [0.25, 0.3) is 6.29 Å². The summed E-state index contributed by atoms with van der Waals surface area (Å²) in [5.74, 6) is 0. The smallest absolute Gasteiger partial charge is 0.404 e. The number of nitrogens with zero attached hydrogens (tertiary/aromatic N) is 3. The van der Waals surface area contributed by atoms with Crippen LogP contribution < -0.4 is 0 Å². The van der Waals surface area contributed by atoms with Crippen LogP contribution in [0.2, 0.25) is 0 Å². The molecule has 3 rings (SSSR count). The zero-order valence-corrected chi connectivity index (χ0v) is 15.4. The summed E-state index contributed by atoms with van der Waals surface area (Å²) in [6.45, 7) is 2.57. The monoisotopic (exact) mass is 371 g/mol. The largest absolute Gasteiger partial charge is 0.413 e. The van der Waals surface area contributed by atoms with Crippen LogP contribution in [0.1, 0.15) is 55.9 Å². The fourth-order valence-electron chi connectivity index (χ4n) is 3.40. The van der Waals surface area contributed by atoms with E-state index in [0.29, 0.717) is 37.3 Å². The second-order valence-electron chi connectivity index (χ2n) is 6.93. The molecule has 7 nitrogen and oxygen atoms in total. The van der Waals surface area contributed by atoms with Gasteiger partial charge < -0.3 is 19.3 Å². The first-order valence-corrected chi connectivity index (χ1v) is 9.58. The molecule has 0 unspecified atom stereocenters. The molecule has 2 heterocycles. The molecule has 0 N–H and O–H groups in total. The van der Waals surface area contributed by atoms with Crippen LogP contribution in [0.3, 0.4) is 0 Å². The SMILES string of the molecule is N#Cc1cccc(C(OC(=O)N2CCCCC2)OC(=O)N2CCCCC2)c1. The fourth-order valence-corrected chi connectivity index (χ4v) is 3.40. The van der Waals surface area contributed by atoms with Crippen molar-refractivity contribution in [3.8, 4) is 6.07 Å². The van der Waals surface area contributed by atoms with Crippen molar-refractivity contribution in [2.24, 2.45) is 0 Å². The van der Waals surface area contributed by atoms with Crippen LogP contribution >= 0.6 is 0 Å². The number of carbonyl (C=O) groups is 2. The van der Waals surface area contributed by atoms with E-state index in [-0.39, 0.29) is 0 Å². The Morgan fingerprint density at radius 1 is 0.889 bits per heavy atom. The van der Waals surface area contributed by atoms with Crippen LogP contribution in [0.5, 0.6) is 0 Å². The van der Waals surface area contributed by atoms with Crippen molar-refractivity contribution in [2.45, 2.75) is 44.8 Å². The van der Waals surface area contributed by atoms with Gasteiger partial charge in [-0.15, -0.1) is 0 Å². The molecule has 1 aromatic carbocycles. The van der Waals surface area contributed by atoms with Gasteiger partial charge >= 0.3 is 12.2 Å². The summed E-state index contributed by atoms with van der Waals surface area (Å²) >= 11 is 0. The third-order valence-corrected chi connectivity index (χ3v) is 4.93. The summed E-state index contributed by atoms with van der Waals surface area (Å²) in [5.41, 5.74) is 0.894. The first-order chi connectivity index (χ1) is 13.2. The molecule has 0 radical (unpaired) electrons. The number of carbonyl (C=O) groups excluding carboxylic acids is 2. The van der Waals surface area contributed by atoms with E-state index in [4.69, 9.17) is 14.7 Å². The molecule has 2 aliphatic rings. The molecule has 0 aliphatic carbocycles. The minimum Gasteiger partial charge on any atom is -0.404 e. The van der Waals surface area contributed by atoms with Crippen molar-refractivity contribution in [1.82, 2.24) is 9.80 Å². The Balaban J connectivity index is 1.74. The van der Waals surface area contributed by atoms with E-state index in [1.165, 1.54) is 0 Å². The van der Waals surface area contributed by atoms with Crippen LogP contribution in [0, 0.1) is 11.3 Å². The maximum atomic E-state index is 12.5. The summed E-state index contributed by atoms with van der Waals surface area (Å²) in [6.07, 6.45) is 3.82. The Kier molecular flexibility index (Phi) is 6.53. The van der Waals surface area contributed by atoms with E-state index in [9.17, 15) is 9.59 Å². The Hall–Kier alpha value is -2.75. The molecule has 2 saturated heterocycles. The summed E-state index contributed by atoms with van der Waals surface area (Å²) < 4.78 is 11.1. The lowest BCUT2D eigenvalue weighted by Crippen LogP contribution is -2.39. The minimum atomic E-state index is -1.16. The Bertz CT molecular complexity index is 671. The Labute approximate surface area is 159 Å². The van der Waals surface area contributed by atoms with Gasteiger partial charge in [0.2, 0.25) is 0 Å². The zero-order valence-electron chi connectivity index (χ0n) is 15.4. The number of ether oxygens (including phenoxy) is 2. The average molecular weight is 371 g/mol. The van der Waals surface area contributed by atoms with Gasteiger partial charge in [0.1, 0.15) is 0 Å². The minimum absolute atomic E-state index is 0.417. The van der Waals surface area contributed by atoms with Crippen molar-refractivity contribution >= 4 is 12.2 Å². The predicted molar refractivity (Wildman–Crippen MR) is 97.7 cm³/mol. The van der Waals surface area contributed by atoms with Crippen molar-refractivity contribution < 1.29 is 19.1 Å². The number of amides is 2. The highest BCUT2D eigenvalue weighted by atomic mass is 16.7. The van der Waals surface area contributed by atoms with Crippen molar-refractivity contribution in [3.63, 3.8) is 0 Å². The summed E-state index contributed by atoms with van der Waals surface area (Å²) in [6, 6.07) is 8.66. The first-order valence-electron chi connectivity index (χ1n) is 9.58. The summed E-state index contributed by atoms with van der Waals surface area (Å²) in [4.78, 5) is 28.3. The standard InChI is InChI=1S/C20H25N3O4/c21-15-16-8-7-9-17(14-16)18(26-19(24)22-10-3-1-4-11-22)27-20(25)23-12-5-2-6-13-23/h7-9,14,18H,1-6,10-13H2. The number of benzene rings is 1. The predicted octanol–water partition coefficient (Wildman–Crippen LogP) is 3.80. The summed E-state index contributed by atoms with van der Waals surface area (Å²) in [5, 5.41) is 9.13. The van der Waals surface area contributed by atoms with Crippen molar-refractivity contribution in [1.29, 1.82) is 5.26 Å². The maximum absolute atomic E-state index is 12.5. The number of rotatable bonds is 3. The molecule has 0 aromatic heterocycles. The van der Waals surface area contributed by atoms with Crippen LogP contribution in [0.25, 0.3) is 0 Å². The lowest BCUT2D eigenvalue weighted by atomic mass is 10.1. The third kappa shape index (κ3) is 5.13. The summed E-state index contributed by atoms with van der Waals surface area (Å²) in [7, 11) is 0. The van der Waals surface area contributed by atoms with E-state index in [1.807, 2.05) is 0 Å². The fraction of sp³-hybridized carbons (Fsp3) is 0.550. The lowest BCUT2D eigenvalue weighted by molar-refractivity contribution is -0.0856. The second kappa shape index (κ2) is 9.26. The average Bonchev–Trinajstić information content (AvgIpc) is 2.74.